The van der Waals surface area contributed by atoms with Crippen LogP contribution in [0.15, 0.2) is 40.9 Å². The molecule has 0 bridgehead atoms. The fourth-order valence-corrected chi connectivity index (χ4v) is 5.03. The van der Waals surface area contributed by atoms with Crippen molar-refractivity contribution in [2.24, 2.45) is 5.92 Å². The normalized spacial score (nSPS) is 23.4. The molecule has 1 unspecified atom stereocenters. The van der Waals surface area contributed by atoms with Crippen LogP contribution in [0.5, 0.6) is 5.75 Å². The molecule has 2 aromatic rings. The van der Waals surface area contributed by atoms with E-state index < -0.39 is 11.2 Å². The highest BCUT2D eigenvalue weighted by Crippen LogP contribution is 2.53. The molecule has 1 atom stereocenters. The van der Waals surface area contributed by atoms with Crippen LogP contribution in [0, 0.1) is 11.7 Å². The number of carbonyl (C=O) groups excluding carboxylic acids is 1. The minimum Gasteiger partial charge on any atom is -0.508 e. The van der Waals surface area contributed by atoms with E-state index in [1.807, 2.05) is 6.07 Å². The van der Waals surface area contributed by atoms with Crippen LogP contribution in [-0.2, 0) is 10.2 Å². The van der Waals surface area contributed by atoms with Gasteiger partial charge in [-0.25, -0.2) is 4.39 Å². The van der Waals surface area contributed by atoms with Gasteiger partial charge in [-0.15, -0.1) is 0 Å². The van der Waals surface area contributed by atoms with Gasteiger partial charge in [0.05, 0.1) is 10.2 Å². The van der Waals surface area contributed by atoms with Crippen LogP contribution in [-0.4, -0.2) is 11.0 Å². The zero-order valence-electron chi connectivity index (χ0n) is 14.4. The maximum Gasteiger partial charge on any atom is 0.239 e. The standard InChI is InChI=1S/C21H21BrFNO2/c22-17-12-11-16-19(18(17)23)24-20(26)21(16,13-5-3-1-2-4-6-13)14-7-9-15(25)10-8-14/h7-13,25H,1-6H2,(H,24,26). The quantitative estimate of drug-likeness (QED) is 0.633. The minimum absolute atomic E-state index is 0.108. The molecule has 26 heavy (non-hydrogen) atoms. The summed E-state index contributed by atoms with van der Waals surface area (Å²) in [5.74, 6) is -0.325. The van der Waals surface area contributed by atoms with E-state index in [9.17, 15) is 14.3 Å². The summed E-state index contributed by atoms with van der Waals surface area (Å²) in [4.78, 5) is 13.4. The summed E-state index contributed by atoms with van der Waals surface area (Å²) >= 11 is 3.22. The number of nitrogens with one attached hydrogen (secondary N) is 1. The van der Waals surface area contributed by atoms with E-state index in [1.54, 1.807) is 30.3 Å². The van der Waals surface area contributed by atoms with E-state index >= 15 is 0 Å². The number of benzene rings is 2. The average molecular weight is 418 g/mol. The van der Waals surface area contributed by atoms with Crippen molar-refractivity contribution in [2.75, 3.05) is 5.32 Å². The Labute approximate surface area is 160 Å². The van der Waals surface area contributed by atoms with E-state index in [4.69, 9.17) is 0 Å². The molecule has 3 nitrogen and oxygen atoms in total. The molecule has 1 saturated carbocycles. The Morgan fingerprint density at radius 3 is 2.35 bits per heavy atom. The number of phenols is 1. The average Bonchev–Trinajstić information content (AvgIpc) is 2.80. The van der Waals surface area contributed by atoms with Crippen molar-refractivity contribution in [3.63, 3.8) is 0 Å². The predicted molar refractivity (Wildman–Crippen MR) is 103 cm³/mol. The van der Waals surface area contributed by atoms with Crippen molar-refractivity contribution >= 4 is 27.5 Å². The lowest BCUT2D eigenvalue weighted by Crippen LogP contribution is -2.43. The maximum atomic E-state index is 14.7. The Morgan fingerprint density at radius 1 is 1.04 bits per heavy atom. The zero-order chi connectivity index (χ0) is 18.3. The summed E-state index contributed by atoms with van der Waals surface area (Å²) in [7, 11) is 0. The largest absolute Gasteiger partial charge is 0.508 e. The SMILES string of the molecule is O=C1Nc2c(ccc(Br)c2F)C1(c1ccc(O)cc1)C1CCCCCC1. The van der Waals surface area contributed by atoms with Gasteiger partial charge < -0.3 is 10.4 Å². The molecular weight excluding hydrogens is 397 g/mol. The first-order chi connectivity index (χ1) is 12.5. The summed E-state index contributed by atoms with van der Waals surface area (Å²) in [6.45, 7) is 0. The Bertz CT molecular complexity index is 844. The summed E-state index contributed by atoms with van der Waals surface area (Å²) < 4.78 is 15.1. The zero-order valence-corrected chi connectivity index (χ0v) is 16.0. The molecule has 1 amide bonds. The fraction of sp³-hybridized carbons (Fsp3) is 0.381. The molecule has 2 aromatic carbocycles. The van der Waals surface area contributed by atoms with Crippen molar-refractivity contribution in [3.8, 4) is 5.75 Å². The summed E-state index contributed by atoms with van der Waals surface area (Å²) in [6.07, 6.45) is 6.37. The number of aromatic hydroxyl groups is 1. The second-order valence-electron chi connectivity index (χ2n) is 7.28. The van der Waals surface area contributed by atoms with Gasteiger partial charge in [0.2, 0.25) is 5.91 Å². The first-order valence-electron chi connectivity index (χ1n) is 9.14. The second-order valence-corrected chi connectivity index (χ2v) is 8.14. The van der Waals surface area contributed by atoms with Crippen molar-refractivity contribution in [2.45, 2.75) is 43.9 Å². The highest BCUT2D eigenvalue weighted by molar-refractivity contribution is 9.10. The van der Waals surface area contributed by atoms with E-state index in [0.29, 0.717) is 10.0 Å². The number of hydrogen-bond donors (Lipinski definition) is 2. The summed E-state index contributed by atoms with van der Waals surface area (Å²) in [6, 6.07) is 10.4. The van der Waals surface area contributed by atoms with E-state index in [1.165, 1.54) is 12.8 Å². The molecule has 136 valence electrons. The van der Waals surface area contributed by atoms with Gasteiger partial charge >= 0.3 is 0 Å². The van der Waals surface area contributed by atoms with E-state index in [0.717, 1.165) is 31.2 Å². The van der Waals surface area contributed by atoms with Gasteiger partial charge in [0, 0.05) is 0 Å². The van der Waals surface area contributed by atoms with Crippen LogP contribution in [0.3, 0.4) is 0 Å². The van der Waals surface area contributed by atoms with Crippen molar-refractivity contribution in [1.82, 2.24) is 0 Å². The Morgan fingerprint density at radius 2 is 1.69 bits per heavy atom. The molecule has 0 radical (unpaired) electrons. The van der Waals surface area contributed by atoms with Crippen molar-refractivity contribution < 1.29 is 14.3 Å². The molecular formula is C21H21BrFNO2. The number of carbonyl (C=O) groups is 1. The third-order valence-corrected chi connectivity index (χ3v) is 6.52. The van der Waals surface area contributed by atoms with E-state index in [-0.39, 0.29) is 23.3 Å². The van der Waals surface area contributed by atoms with Crippen molar-refractivity contribution in [1.29, 1.82) is 0 Å². The Balaban J connectivity index is 1.97. The molecule has 4 rings (SSSR count). The number of amides is 1. The van der Waals surface area contributed by atoms with Gasteiger partial charge in [-0.1, -0.05) is 43.9 Å². The van der Waals surface area contributed by atoms with Crippen LogP contribution in [0.4, 0.5) is 10.1 Å². The molecule has 0 saturated heterocycles. The molecule has 2 N–H and O–H groups in total. The molecule has 1 heterocycles. The van der Waals surface area contributed by atoms with Crippen LogP contribution >= 0.6 is 15.9 Å². The molecule has 2 aliphatic rings. The topological polar surface area (TPSA) is 49.3 Å². The van der Waals surface area contributed by atoms with Gasteiger partial charge in [-0.3, -0.25) is 4.79 Å². The van der Waals surface area contributed by atoms with E-state index in [2.05, 4.69) is 21.2 Å². The molecule has 0 spiro atoms. The minimum atomic E-state index is -0.908. The van der Waals surface area contributed by atoms with Gasteiger partial charge in [0.15, 0.2) is 5.82 Å². The molecule has 0 aromatic heterocycles. The summed E-state index contributed by atoms with van der Waals surface area (Å²) in [5.41, 5.74) is 0.900. The maximum absolute atomic E-state index is 14.7. The van der Waals surface area contributed by atoms with Crippen molar-refractivity contribution in [3.05, 3.63) is 57.8 Å². The van der Waals surface area contributed by atoms with Crippen LogP contribution in [0.25, 0.3) is 0 Å². The van der Waals surface area contributed by atoms with Gasteiger partial charge in [0.1, 0.15) is 11.2 Å². The van der Waals surface area contributed by atoms with Gasteiger partial charge in [-0.2, -0.15) is 0 Å². The number of anilines is 1. The summed E-state index contributed by atoms with van der Waals surface area (Å²) in [5, 5.41) is 12.5. The fourth-order valence-electron chi connectivity index (χ4n) is 4.70. The van der Waals surface area contributed by atoms with Gasteiger partial charge in [0.25, 0.3) is 0 Å². The number of fused-ring (bicyclic) bond motifs is 1. The van der Waals surface area contributed by atoms with Crippen LogP contribution < -0.4 is 5.32 Å². The lowest BCUT2D eigenvalue weighted by atomic mass is 9.64. The lowest BCUT2D eigenvalue weighted by molar-refractivity contribution is -0.121. The third kappa shape index (κ3) is 2.56. The second kappa shape index (κ2) is 6.69. The van der Waals surface area contributed by atoms with Crippen LogP contribution in [0.1, 0.15) is 49.7 Å². The van der Waals surface area contributed by atoms with Gasteiger partial charge in [-0.05, 0) is 64.0 Å². The first kappa shape index (κ1) is 17.5. The number of hydrogen-bond acceptors (Lipinski definition) is 2. The lowest BCUT2D eigenvalue weighted by Gasteiger charge is -2.36. The number of halogens is 2. The third-order valence-electron chi connectivity index (χ3n) is 5.91. The number of phenolic OH excluding ortho intramolecular Hbond substituents is 1. The highest BCUT2D eigenvalue weighted by Gasteiger charge is 2.54. The molecule has 1 aliphatic heterocycles. The monoisotopic (exact) mass is 417 g/mol. The molecule has 1 aliphatic carbocycles. The Hall–Kier alpha value is -1.88. The first-order valence-corrected chi connectivity index (χ1v) is 9.94. The van der Waals surface area contributed by atoms with Crippen LogP contribution in [0.2, 0.25) is 0 Å². The molecule has 5 heteroatoms. The molecule has 1 fully saturated rings. The smallest absolute Gasteiger partial charge is 0.239 e. The number of rotatable bonds is 2. The predicted octanol–water partition coefficient (Wildman–Crippen LogP) is 5.50. The Kier molecular flexibility index (Phi) is 4.51. The highest BCUT2D eigenvalue weighted by atomic mass is 79.9.